The summed E-state index contributed by atoms with van der Waals surface area (Å²) in [4.78, 5) is 8.99. The van der Waals surface area contributed by atoms with Gasteiger partial charge in [-0.1, -0.05) is 6.07 Å². The van der Waals surface area contributed by atoms with E-state index in [1.165, 1.54) is 0 Å². The van der Waals surface area contributed by atoms with Gasteiger partial charge < -0.3 is 9.14 Å². The van der Waals surface area contributed by atoms with E-state index in [0.29, 0.717) is 0 Å². The van der Waals surface area contributed by atoms with Crippen LogP contribution in [0.3, 0.4) is 0 Å². The lowest BCUT2D eigenvalue weighted by atomic mass is 10.0. The Morgan fingerprint density at radius 1 is 1.24 bits per heavy atom. The Kier molecular flexibility index (Phi) is 3.47. The molecule has 0 aliphatic rings. The number of hydrogen-bond donors (Lipinski definition) is 0. The van der Waals surface area contributed by atoms with E-state index in [4.69, 9.17) is 4.74 Å². The average Bonchev–Trinajstić information content (AvgIpc) is 2.86. The van der Waals surface area contributed by atoms with Gasteiger partial charge >= 0.3 is 0 Å². The van der Waals surface area contributed by atoms with Crippen molar-refractivity contribution < 1.29 is 4.74 Å². The summed E-state index contributed by atoms with van der Waals surface area (Å²) in [5.74, 6) is 0. The molecule has 21 heavy (non-hydrogen) atoms. The Morgan fingerprint density at radius 2 is 2.05 bits per heavy atom. The third-order valence-corrected chi connectivity index (χ3v) is 3.81. The Labute approximate surface area is 124 Å². The van der Waals surface area contributed by atoms with Crippen LogP contribution in [0.4, 0.5) is 0 Å². The standard InChI is InChI=1S/C17H19N3O/c1-11-9-20-10-14(15-6-5-7-18-12(15)2)8-16(13(3)21-4)17(20)19-11/h5-10,13H,1-4H3/t13-/m1/s1. The van der Waals surface area contributed by atoms with Gasteiger partial charge in [0.25, 0.3) is 0 Å². The Bertz CT molecular complexity index is 792. The van der Waals surface area contributed by atoms with Crippen LogP contribution in [0.2, 0.25) is 0 Å². The maximum Gasteiger partial charge on any atom is 0.142 e. The lowest BCUT2D eigenvalue weighted by Gasteiger charge is -2.14. The highest BCUT2D eigenvalue weighted by Crippen LogP contribution is 2.29. The van der Waals surface area contributed by atoms with Gasteiger partial charge in [0.15, 0.2) is 0 Å². The van der Waals surface area contributed by atoms with E-state index in [9.17, 15) is 0 Å². The predicted octanol–water partition coefficient (Wildman–Crippen LogP) is 3.72. The first-order chi connectivity index (χ1) is 10.1. The van der Waals surface area contributed by atoms with Crippen molar-refractivity contribution in [2.45, 2.75) is 26.9 Å². The molecule has 0 aliphatic heterocycles. The molecule has 4 heteroatoms. The molecule has 0 spiro atoms. The largest absolute Gasteiger partial charge is 0.377 e. The number of pyridine rings is 2. The monoisotopic (exact) mass is 281 g/mol. The molecule has 3 heterocycles. The van der Waals surface area contributed by atoms with E-state index in [1.54, 1.807) is 7.11 Å². The van der Waals surface area contributed by atoms with Gasteiger partial charge in [0.2, 0.25) is 0 Å². The van der Waals surface area contributed by atoms with E-state index in [0.717, 1.165) is 33.7 Å². The van der Waals surface area contributed by atoms with Crippen LogP contribution < -0.4 is 0 Å². The first-order valence-electron chi connectivity index (χ1n) is 7.04. The molecule has 0 radical (unpaired) electrons. The van der Waals surface area contributed by atoms with Gasteiger partial charge in [-0.05, 0) is 32.9 Å². The highest BCUT2D eigenvalue weighted by molar-refractivity contribution is 5.69. The molecule has 0 bridgehead atoms. The number of methoxy groups -OCH3 is 1. The zero-order valence-electron chi connectivity index (χ0n) is 12.8. The summed E-state index contributed by atoms with van der Waals surface area (Å²) in [7, 11) is 1.72. The third-order valence-electron chi connectivity index (χ3n) is 3.81. The quantitative estimate of drug-likeness (QED) is 0.734. The summed E-state index contributed by atoms with van der Waals surface area (Å²) in [6.45, 7) is 6.07. The van der Waals surface area contributed by atoms with Gasteiger partial charge in [0.1, 0.15) is 5.65 Å². The van der Waals surface area contributed by atoms with Crippen molar-refractivity contribution >= 4 is 5.65 Å². The molecule has 4 nitrogen and oxygen atoms in total. The second-order valence-corrected chi connectivity index (χ2v) is 5.31. The fraction of sp³-hybridized carbons (Fsp3) is 0.294. The Morgan fingerprint density at radius 3 is 2.76 bits per heavy atom. The van der Waals surface area contributed by atoms with Crippen molar-refractivity contribution in [3.63, 3.8) is 0 Å². The molecule has 3 aromatic heterocycles. The summed E-state index contributed by atoms with van der Waals surface area (Å²) >= 11 is 0. The predicted molar refractivity (Wildman–Crippen MR) is 83.3 cm³/mol. The third kappa shape index (κ3) is 2.43. The van der Waals surface area contributed by atoms with Crippen LogP contribution in [0.1, 0.15) is 30.0 Å². The van der Waals surface area contributed by atoms with E-state index in [2.05, 4.69) is 32.7 Å². The molecule has 0 N–H and O–H groups in total. The van der Waals surface area contributed by atoms with E-state index >= 15 is 0 Å². The first-order valence-corrected chi connectivity index (χ1v) is 7.04. The lowest BCUT2D eigenvalue weighted by molar-refractivity contribution is 0.120. The van der Waals surface area contributed by atoms with Crippen molar-refractivity contribution in [2.24, 2.45) is 0 Å². The molecule has 1 atom stereocenters. The van der Waals surface area contributed by atoms with Crippen molar-refractivity contribution in [1.29, 1.82) is 0 Å². The molecule has 0 aliphatic carbocycles. The molecule has 0 saturated carbocycles. The average molecular weight is 281 g/mol. The fourth-order valence-electron chi connectivity index (χ4n) is 2.61. The zero-order chi connectivity index (χ0) is 15.0. The number of nitrogens with zero attached hydrogens (tertiary/aromatic N) is 3. The van der Waals surface area contributed by atoms with E-state index < -0.39 is 0 Å². The number of ether oxygens (including phenoxy) is 1. The van der Waals surface area contributed by atoms with E-state index in [1.807, 2.05) is 39.2 Å². The maximum atomic E-state index is 5.51. The van der Waals surface area contributed by atoms with Crippen molar-refractivity contribution in [2.75, 3.05) is 7.11 Å². The van der Waals surface area contributed by atoms with Crippen LogP contribution in [-0.2, 0) is 4.74 Å². The number of aromatic nitrogens is 3. The zero-order valence-corrected chi connectivity index (χ0v) is 12.8. The molecular weight excluding hydrogens is 262 g/mol. The number of fused-ring (bicyclic) bond motifs is 1. The maximum absolute atomic E-state index is 5.51. The topological polar surface area (TPSA) is 39.4 Å². The summed E-state index contributed by atoms with van der Waals surface area (Å²) in [6, 6.07) is 6.21. The normalized spacial score (nSPS) is 12.8. The van der Waals surface area contributed by atoms with Crippen LogP contribution >= 0.6 is 0 Å². The molecule has 3 rings (SSSR count). The minimum absolute atomic E-state index is 0.00812. The summed E-state index contributed by atoms with van der Waals surface area (Å²) in [5, 5.41) is 0. The smallest absolute Gasteiger partial charge is 0.142 e. The summed E-state index contributed by atoms with van der Waals surface area (Å²) in [5.41, 5.74) is 6.32. The second-order valence-electron chi connectivity index (χ2n) is 5.31. The summed E-state index contributed by atoms with van der Waals surface area (Å²) < 4.78 is 7.58. The van der Waals surface area contributed by atoms with Crippen molar-refractivity contribution in [1.82, 2.24) is 14.4 Å². The lowest BCUT2D eigenvalue weighted by Crippen LogP contribution is -2.01. The molecule has 3 aromatic rings. The van der Waals surface area contributed by atoms with E-state index in [-0.39, 0.29) is 6.10 Å². The molecule has 0 fully saturated rings. The molecule has 108 valence electrons. The van der Waals surface area contributed by atoms with Gasteiger partial charge in [-0.2, -0.15) is 0 Å². The number of imidazole rings is 1. The van der Waals surface area contributed by atoms with Crippen LogP contribution in [0, 0.1) is 13.8 Å². The Hall–Kier alpha value is -2.20. The molecule has 0 unspecified atom stereocenters. The van der Waals surface area contributed by atoms with Crippen LogP contribution in [0.25, 0.3) is 16.8 Å². The van der Waals surface area contributed by atoms with Crippen LogP contribution in [0.15, 0.2) is 36.8 Å². The highest BCUT2D eigenvalue weighted by Gasteiger charge is 2.14. The van der Waals surface area contributed by atoms with Gasteiger partial charge in [0.05, 0.1) is 11.8 Å². The number of rotatable bonds is 3. The van der Waals surface area contributed by atoms with Gasteiger partial charge in [-0.25, -0.2) is 4.98 Å². The minimum Gasteiger partial charge on any atom is -0.377 e. The Balaban J connectivity index is 2.27. The molecule has 0 aromatic carbocycles. The molecule has 0 amide bonds. The first kappa shape index (κ1) is 13.8. The van der Waals surface area contributed by atoms with Crippen molar-refractivity contribution in [3.05, 3.63) is 53.7 Å². The molecular formula is C17H19N3O. The summed E-state index contributed by atoms with van der Waals surface area (Å²) in [6.07, 6.45) is 5.95. The SMILES string of the molecule is CO[C@H](C)c1cc(-c2cccnc2C)cn2cc(C)nc12. The highest BCUT2D eigenvalue weighted by atomic mass is 16.5. The second kappa shape index (κ2) is 5.30. The van der Waals surface area contributed by atoms with Crippen LogP contribution in [0.5, 0.6) is 0 Å². The fourth-order valence-corrected chi connectivity index (χ4v) is 2.61. The number of hydrogen-bond acceptors (Lipinski definition) is 3. The number of aryl methyl sites for hydroxylation is 2. The van der Waals surface area contributed by atoms with Gasteiger partial charge in [0, 0.05) is 48.1 Å². The van der Waals surface area contributed by atoms with Gasteiger partial charge in [-0.15, -0.1) is 0 Å². The van der Waals surface area contributed by atoms with Crippen LogP contribution in [-0.4, -0.2) is 21.5 Å². The van der Waals surface area contributed by atoms with Crippen molar-refractivity contribution in [3.8, 4) is 11.1 Å². The molecule has 0 saturated heterocycles. The minimum atomic E-state index is -0.00812. The van der Waals surface area contributed by atoms with Gasteiger partial charge in [-0.3, -0.25) is 4.98 Å².